The van der Waals surface area contributed by atoms with Gasteiger partial charge in [0.1, 0.15) is 0 Å². The van der Waals surface area contributed by atoms with Crippen LogP contribution in [0.15, 0.2) is 12.2 Å². The third-order valence-corrected chi connectivity index (χ3v) is 8.24. The largest absolute Gasteiger partial charge is 0.408 e. The van der Waals surface area contributed by atoms with Crippen LogP contribution in [0.3, 0.4) is 0 Å². The van der Waals surface area contributed by atoms with Crippen molar-refractivity contribution >= 4 is 8.32 Å². The van der Waals surface area contributed by atoms with Crippen LogP contribution in [0.5, 0.6) is 0 Å². The summed E-state index contributed by atoms with van der Waals surface area (Å²) in [6.07, 6.45) is 7.05. The van der Waals surface area contributed by atoms with Crippen molar-refractivity contribution in [2.24, 2.45) is 0 Å². The Balaban J connectivity index is 4.59. The van der Waals surface area contributed by atoms with Gasteiger partial charge in [0.15, 0.2) is 8.32 Å². The van der Waals surface area contributed by atoms with E-state index in [0.29, 0.717) is 0 Å². The Kier molecular flexibility index (Phi) is 7.41. The van der Waals surface area contributed by atoms with Crippen molar-refractivity contribution in [3.63, 3.8) is 0 Å². The molecule has 0 bridgehead atoms. The maximum absolute atomic E-state index is 9.84. The second-order valence-electron chi connectivity index (χ2n) is 6.65. The molecule has 2 atom stereocenters. The van der Waals surface area contributed by atoms with Crippen LogP contribution in [0.25, 0.3) is 0 Å². The zero-order valence-electron chi connectivity index (χ0n) is 13.3. The predicted octanol–water partition coefficient (Wildman–Crippen LogP) is 4.50. The van der Waals surface area contributed by atoms with E-state index >= 15 is 0 Å². The Morgan fingerprint density at radius 3 is 2.22 bits per heavy atom. The van der Waals surface area contributed by atoms with Gasteiger partial charge in [-0.1, -0.05) is 52.7 Å². The summed E-state index contributed by atoms with van der Waals surface area (Å²) in [7, 11) is -1.81. The van der Waals surface area contributed by atoms with Crippen molar-refractivity contribution in [2.45, 2.75) is 84.2 Å². The molecule has 0 amide bonds. The molecule has 0 unspecified atom stereocenters. The van der Waals surface area contributed by atoms with E-state index in [1.165, 1.54) is 12.8 Å². The van der Waals surface area contributed by atoms with Crippen LogP contribution in [0.1, 0.15) is 53.9 Å². The second kappa shape index (κ2) is 7.46. The van der Waals surface area contributed by atoms with Crippen molar-refractivity contribution < 1.29 is 9.53 Å². The van der Waals surface area contributed by atoms with Crippen LogP contribution in [-0.4, -0.2) is 25.6 Å². The molecule has 0 aliphatic carbocycles. The molecule has 2 nitrogen and oxygen atoms in total. The van der Waals surface area contributed by atoms with E-state index in [0.717, 1.165) is 6.42 Å². The van der Waals surface area contributed by atoms with Gasteiger partial charge in [0.2, 0.25) is 0 Å². The van der Waals surface area contributed by atoms with Gasteiger partial charge < -0.3 is 9.53 Å². The van der Waals surface area contributed by atoms with Crippen LogP contribution >= 0.6 is 0 Å². The van der Waals surface area contributed by atoms with Gasteiger partial charge in [-0.3, -0.25) is 0 Å². The molecule has 3 heteroatoms. The lowest BCUT2D eigenvalue weighted by Gasteiger charge is -2.39. The fraction of sp³-hybridized carbons (Fsp3) is 0.867. The van der Waals surface area contributed by atoms with E-state index in [4.69, 9.17) is 4.43 Å². The maximum Gasteiger partial charge on any atom is 0.193 e. The molecule has 0 heterocycles. The van der Waals surface area contributed by atoms with Crippen LogP contribution < -0.4 is 0 Å². The molecule has 0 rings (SSSR count). The Morgan fingerprint density at radius 1 is 1.28 bits per heavy atom. The number of aliphatic hydroxyl groups is 1. The van der Waals surface area contributed by atoms with Gasteiger partial charge in [0.25, 0.3) is 0 Å². The van der Waals surface area contributed by atoms with E-state index in [2.05, 4.69) is 46.9 Å². The highest BCUT2D eigenvalue weighted by Crippen LogP contribution is 2.37. The van der Waals surface area contributed by atoms with Gasteiger partial charge in [-0.25, -0.2) is 0 Å². The van der Waals surface area contributed by atoms with Crippen molar-refractivity contribution in [3.8, 4) is 0 Å². The summed E-state index contributed by atoms with van der Waals surface area (Å²) in [5.74, 6) is 0. The number of hydrogen-bond acceptors (Lipinski definition) is 2. The third kappa shape index (κ3) is 6.16. The normalized spacial score (nSPS) is 17.1. The lowest BCUT2D eigenvalue weighted by molar-refractivity contribution is 0.0684. The second-order valence-corrected chi connectivity index (χ2v) is 11.4. The molecule has 0 aromatic heterocycles. The first-order valence-corrected chi connectivity index (χ1v) is 10.0. The monoisotopic (exact) mass is 272 g/mol. The quantitative estimate of drug-likeness (QED) is 0.420. The highest BCUT2D eigenvalue weighted by molar-refractivity contribution is 6.74. The standard InChI is InChI=1S/C15H32O2Si/c1-8-9-10-11-12-14(13(2)16)17-18(6,7)15(3,4)5/h11-14,16H,8-10H2,1-7H3/b12-11+/t13-,14-/m1/s1. The molecule has 0 saturated heterocycles. The van der Waals surface area contributed by atoms with E-state index in [-0.39, 0.29) is 11.1 Å². The topological polar surface area (TPSA) is 29.5 Å². The van der Waals surface area contributed by atoms with Crippen LogP contribution in [-0.2, 0) is 4.43 Å². The minimum atomic E-state index is -1.81. The molecular formula is C15H32O2Si. The fourth-order valence-electron chi connectivity index (χ4n) is 1.37. The first kappa shape index (κ1) is 17.9. The summed E-state index contributed by atoms with van der Waals surface area (Å²) in [4.78, 5) is 0. The minimum Gasteiger partial charge on any atom is -0.408 e. The van der Waals surface area contributed by atoms with Gasteiger partial charge in [-0.05, 0) is 31.5 Å². The molecule has 0 aliphatic rings. The number of hydrogen-bond donors (Lipinski definition) is 1. The van der Waals surface area contributed by atoms with Crippen molar-refractivity contribution in [3.05, 3.63) is 12.2 Å². The summed E-state index contributed by atoms with van der Waals surface area (Å²) < 4.78 is 6.25. The average Bonchev–Trinajstić information content (AvgIpc) is 2.20. The predicted molar refractivity (Wildman–Crippen MR) is 82.4 cm³/mol. The summed E-state index contributed by atoms with van der Waals surface area (Å²) in [5.41, 5.74) is 0. The van der Waals surface area contributed by atoms with Crippen molar-refractivity contribution in [1.29, 1.82) is 0 Å². The SMILES string of the molecule is CCCC/C=C/[C@@H](O[Si](C)(C)C(C)(C)C)[C@@H](C)O. The number of unbranched alkanes of at least 4 members (excludes halogenated alkanes) is 2. The van der Waals surface area contributed by atoms with E-state index in [9.17, 15) is 5.11 Å². The minimum absolute atomic E-state index is 0.164. The molecule has 0 aliphatic heterocycles. The van der Waals surface area contributed by atoms with Gasteiger partial charge in [0, 0.05) is 0 Å². The summed E-state index contributed by atoms with van der Waals surface area (Å²) in [6.45, 7) is 15.1. The number of aliphatic hydroxyl groups excluding tert-OH is 1. The zero-order valence-corrected chi connectivity index (χ0v) is 14.3. The van der Waals surface area contributed by atoms with Gasteiger partial charge >= 0.3 is 0 Å². The fourth-order valence-corrected chi connectivity index (χ4v) is 2.68. The van der Waals surface area contributed by atoms with Crippen LogP contribution in [0, 0.1) is 0 Å². The highest BCUT2D eigenvalue weighted by atomic mass is 28.4. The first-order chi connectivity index (χ1) is 8.12. The van der Waals surface area contributed by atoms with Crippen molar-refractivity contribution in [2.75, 3.05) is 0 Å². The zero-order chi connectivity index (χ0) is 14.4. The Labute approximate surface area is 115 Å². The van der Waals surface area contributed by atoms with E-state index in [1.807, 2.05) is 13.0 Å². The molecular weight excluding hydrogens is 240 g/mol. The summed E-state index contributed by atoms with van der Waals surface area (Å²) >= 11 is 0. The molecule has 0 fully saturated rings. The molecule has 0 aromatic carbocycles. The molecule has 18 heavy (non-hydrogen) atoms. The molecule has 0 spiro atoms. The highest BCUT2D eigenvalue weighted by Gasteiger charge is 2.39. The van der Waals surface area contributed by atoms with E-state index in [1.54, 1.807) is 0 Å². The van der Waals surface area contributed by atoms with E-state index < -0.39 is 14.4 Å². The maximum atomic E-state index is 9.84. The molecule has 1 N–H and O–H groups in total. The third-order valence-electron chi connectivity index (χ3n) is 3.76. The first-order valence-electron chi connectivity index (χ1n) is 7.14. The average molecular weight is 273 g/mol. The summed E-state index contributed by atoms with van der Waals surface area (Å²) in [5, 5.41) is 10.0. The smallest absolute Gasteiger partial charge is 0.193 e. The lowest BCUT2D eigenvalue weighted by Crippen LogP contribution is -2.46. The lowest BCUT2D eigenvalue weighted by atomic mass is 10.2. The summed E-state index contributed by atoms with van der Waals surface area (Å²) in [6, 6.07) is 0. The van der Waals surface area contributed by atoms with Crippen LogP contribution in [0.2, 0.25) is 18.1 Å². The molecule has 0 saturated carbocycles. The Morgan fingerprint density at radius 2 is 1.83 bits per heavy atom. The number of rotatable bonds is 7. The Hall–Kier alpha value is -0.123. The van der Waals surface area contributed by atoms with Gasteiger partial charge in [-0.2, -0.15) is 0 Å². The van der Waals surface area contributed by atoms with Crippen LogP contribution in [0.4, 0.5) is 0 Å². The van der Waals surface area contributed by atoms with Gasteiger partial charge in [0.05, 0.1) is 12.2 Å². The van der Waals surface area contributed by atoms with Gasteiger partial charge in [-0.15, -0.1) is 0 Å². The molecule has 0 aromatic rings. The molecule has 108 valence electrons. The van der Waals surface area contributed by atoms with Crippen molar-refractivity contribution in [1.82, 2.24) is 0 Å². The molecule has 0 radical (unpaired) electrons. The Bertz CT molecular complexity index is 252. The number of allylic oxidation sites excluding steroid dienone is 1.